The predicted octanol–water partition coefficient (Wildman–Crippen LogP) is 2.33. The molecule has 8 atom stereocenters. The topological polar surface area (TPSA) is 168 Å². The first-order chi connectivity index (χ1) is 21.4. The Labute approximate surface area is 261 Å². The van der Waals surface area contributed by atoms with Crippen LogP contribution in [0.2, 0.25) is 5.02 Å². The van der Waals surface area contributed by atoms with Crippen LogP contribution in [0.15, 0.2) is 53.4 Å². The molecule has 45 heavy (non-hydrogen) atoms. The number of fused-ring (bicyclic) bond motifs is 1. The van der Waals surface area contributed by atoms with Gasteiger partial charge in [0.1, 0.15) is 55.5 Å². The summed E-state index contributed by atoms with van der Waals surface area (Å²) in [5, 5.41) is 44.6. The molecular formula is C30H33ClF2N2O10. The van der Waals surface area contributed by atoms with E-state index in [1.807, 2.05) is 0 Å². The lowest BCUT2D eigenvalue weighted by molar-refractivity contribution is -0.155. The number of hydrogen-bond acceptors (Lipinski definition) is 11. The number of phenolic OH excluding ortho intramolecular Hbond substituents is 1. The van der Waals surface area contributed by atoms with Crippen molar-refractivity contribution in [3.63, 3.8) is 0 Å². The molecule has 2 aliphatic heterocycles. The zero-order chi connectivity index (χ0) is 32.4. The second-order valence-electron chi connectivity index (χ2n) is 10.9. The highest BCUT2D eigenvalue weighted by Gasteiger charge is 2.53. The van der Waals surface area contributed by atoms with Gasteiger partial charge in [-0.1, -0.05) is 23.7 Å². The van der Waals surface area contributed by atoms with Crippen LogP contribution in [0, 0.1) is 5.82 Å². The lowest BCUT2D eigenvalue weighted by Gasteiger charge is -2.41. The zero-order valence-electron chi connectivity index (χ0n) is 24.2. The molecule has 15 heteroatoms. The van der Waals surface area contributed by atoms with Crippen LogP contribution in [0.3, 0.4) is 0 Å². The molecule has 2 aromatic rings. The van der Waals surface area contributed by atoms with Crippen LogP contribution in [-0.2, 0) is 30.4 Å². The van der Waals surface area contributed by atoms with E-state index in [1.54, 1.807) is 6.92 Å². The third-order valence-electron chi connectivity index (χ3n) is 7.69. The zero-order valence-corrected chi connectivity index (χ0v) is 24.9. The fraction of sp³-hybridized carbons (Fsp3) is 0.433. The van der Waals surface area contributed by atoms with Crippen molar-refractivity contribution in [1.82, 2.24) is 10.8 Å². The van der Waals surface area contributed by atoms with Crippen molar-refractivity contribution < 1.29 is 57.8 Å². The molecule has 0 unspecified atom stereocenters. The Morgan fingerprint density at radius 1 is 1.09 bits per heavy atom. The van der Waals surface area contributed by atoms with Crippen molar-refractivity contribution in [3.8, 4) is 11.5 Å². The maximum Gasteiger partial charge on any atom is 0.272 e. The molecule has 2 saturated heterocycles. The summed E-state index contributed by atoms with van der Waals surface area (Å²) in [4.78, 5) is 18.1. The number of rotatable bonds is 9. The number of alkyl halides is 1. The molecule has 1 saturated carbocycles. The molecule has 1 amide bonds. The number of hydroxylamine groups is 1. The minimum atomic E-state index is -1.57. The van der Waals surface area contributed by atoms with Gasteiger partial charge in [0.15, 0.2) is 17.7 Å². The van der Waals surface area contributed by atoms with Gasteiger partial charge in [0.2, 0.25) is 5.91 Å². The summed E-state index contributed by atoms with van der Waals surface area (Å²) in [6.45, 7) is 2.79. The molecule has 244 valence electrons. The third kappa shape index (κ3) is 7.33. The van der Waals surface area contributed by atoms with Crippen LogP contribution >= 0.6 is 11.6 Å². The number of aromatic hydroxyl groups is 1. The SMILES string of the molecule is CC(=Cc1ccc(O[C@@H]2OC(=C(C)NOCc3ccc(Cl)cc3F)C[C@H]2F)c(O)c1)C(=O)N[C@@H]1[C@H](O)[C@@H](O)[C@H]2OCO[C@H]2[C@@H]1O. The number of amides is 1. The first kappa shape index (κ1) is 32.9. The number of carbonyl (C=O) groups excluding carboxylic acids is 1. The number of aliphatic hydroxyl groups is 3. The Morgan fingerprint density at radius 3 is 2.53 bits per heavy atom. The van der Waals surface area contributed by atoms with Crippen molar-refractivity contribution in [2.75, 3.05) is 6.79 Å². The summed E-state index contributed by atoms with van der Waals surface area (Å²) in [6.07, 6.45) is -7.68. The van der Waals surface area contributed by atoms with Crippen molar-refractivity contribution in [2.45, 2.75) is 75.9 Å². The minimum absolute atomic E-state index is 0.0704. The fourth-order valence-corrected chi connectivity index (χ4v) is 5.34. The van der Waals surface area contributed by atoms with Crippen molar-refractivity contribution in [3.05, 3.63) is 75.4 Å². The fourth-order valence-electron chi connectivity index (χ4n) is 5.18. The normalized spacial score (nSPS) is 30.8. The Kier molecular flexibility index (Phi) is 10.1. The van der Waals surface area contributed by atoms with Crippen molar-refractivity contribution in [2.24, 2.45) is 0 Å². The molecule has 3 fully saturated rings. The highest BCUT2D eigenvalue weighted by molar-refractivity contribution is 6.30. The first-order valence-electron chi connectivity index (χ1n) is 14.0. The van der Waals surface area contributed by atoms with E-state index in [9.17, 15) is 34.0 Å². The van der Waals surface area contributed by atoms with Gasteiger partial charge >= 0.3 is 0 Å². The van der Waals surface area contributed by atoms with Crippen LogP contribution in [0.4, 0.5) is 8.78 Å². The number of benzene rings is 2. The number of halogens is 3. The number of carbonyl (C=O) groups is 1. The smallest absolute Gasteiger partial charge is 0.272 e. The molecule has 0 spiro atoms. The molecule has 2 heterocycles. The number of nitrogens with one attached hydrogen (secondary N) is 2. The Bertz CT molecular complexity index is 1480. The molecule has 5 rings (SSSR count). The van der Waals surface area contributed by atoms with Gasteiger partial charge in [0.25, 0.3) is 6.29 Å². The van der Waals surface area contributed by atoms with Gasteiger partial charge in [-0.15, -0.1) is 0 Å². The average molecular weight is 655 g/mol. The van der Waals surface area contributed by atoms with E-state index in [2.05, 4.69) is 10.8 Å². The van der Waals surface area contributed by atoms with E-state index >= 15 is 0 Å². The van der Waals surface area contributed by atoms with Crippen LogP contribution in [0.5, 0.6) is 11.5 Å². The largest absolute Gasteiger partial charge is 0.504 e. The van der Waals surface area contributed by atoms with Crippen LogP contribution < -0.4 is 15.5 Å². The van der Waals surface area contributed by atoms with E-state index in [1.165, 1.54) is 43.3 Å². The van der Waals surface area contributed by atoms with Gasteiger partial charge in [0.05, 0.1) is 11.7 Å². The molecule has 2 aromatic carbocycles. The summed E-state index contributed by atoms with van der Waals surface area (Å²) in [5.74, 6) is -1.38. The highest BCUT2D eigenvalue weighted by atomic mass is 35.5. The molecule has 0 radical (unpaired) electrons. The van der Waals surface area contributed by atoms with Gasteiger partial charge in [-0.2, -0.15) is 0 Å². The molecule has 0 aromatic heterocycles. The summed E-state index contributed by atoms with van der Waals surface area (Å²) in [6, 6.07) is 7.14. The number of allylic oxidation sites excluding steroid dienone is 2. The van der Waals surface area contributed by atoms with E-state index < -0.39 is 60.7 Å². The maximum absolute atomic E-state index is 14.8. The number of hydrogen-bond donors (Lipinski definition) is 6. The molecule has 6 N–H and O–H groups in total. The highest BCUT2D eigenvalue weighted by Crippen LogP contribution is 2.35. The van der Waals surface area contributed by atoms with E-state index in [0.29, 0.717) is 11.3 Å². The molecule has 3 aliphatic rings. The predicted molar refractivity (Wildman–Crippen MR) is 153 cm³/mol. The molecule has 1 aliphatic carbocycles. The Hall–Kier alpha value is -3.50. The monoisotopic (exact) mass is 654 g/mol. The van der Waals surface area contributed by atoms with Crippen molar-refractivity contribution in [1.29, 1.82) is 0 Å². The average Bonchev–Trinajstić information content (AvgIpc) is 3.64. The lowest BCUT2D eigenvalue weighted by atomic mass is 9.83. The summed E-state index contributed by atoms with van der Waals surface area (Å²) >= 11 is 5.75. The Balaban J connectivity index is 1.16. The molecular weight excluding hydrogens is 622 g/mol. The van der Waals surface area contributed by atoms with Gasteiger partial charge in [-0.25, -0.2) is 8.78 Å². The van der Waals surface area contributed by atoms with Crippen LogP contribution in [-0.4, -0.2) is 82.1 Å². The molecule has 0 bridgehead atoms. The van der Waals surface area contributed by atoms with Gasteiger partial charge in [-0.05, 0) is 49.8 Å². The van der Waals surface area contributed by atoms with Gasteiger partial charge in [-0.3, -0.25) is 15.1 Å². The summed E-state index contributed by atoms with van der Waals surface area (Å²) in [5.41, 5.74) is 3.76. The van der Waals surface area contributed by atoms with E-state index in [0.717, 1.165) is 6.07 Å². The molecule has 12 nitrogen and oxygen atoms in total. The van der Waals surface area contributed by atoms with Crippen LogP contribution in [0.25, 0.3) is 6.08 Å². The van der Waals surface area contributed by atoms with Gasteiger partial charge in [0, 0.05) is 22.6 Å². The van der Waals surface area contributed by atoms with Crippen LogP contribution in [0.1, 0.15) is 31.4 Å². The number of aliphatic hydroxyl groups excluding tert-OH is 3. The second kappa shape index (κ2) is 13.9. The van der Waals surface area contributed by atoms with E-state index in [4.69, 9.17) is 35.4 Å². The second-order valence-corrected chi connectivity index (χ2v) is 11.3. The Morgan fingerprint density at radius 2 is 1.82 bits per heavy atom. The number of phenols is 1. The first-order valence-corrected chi connectivity index (χ1v) is 14.4. The maximum atomic E-state index is 14.8. The third-order valence-corrected chi connectivity index (χ3v) is 7.92. The van der Waals surface area contributed by atoms with Crippen molar-refractivity contribution >= 4 is 23.6 Å². The lowest BCUT2D eigenvalue weighted by Crippen LogP contribution is -2.67. The minimum Gasteiger partial charge on any atom is -0.504 e. The van der Waals surface area contributed by atoms with Gasteiger partial charge < -0.3 is 44.7 Å². The quantitative estimate of drug-likeness (QED) is 0.173. The van der Waals surface area contributed by atoms with E-state index in [-0.39, 0.29) is 53.2 Å². The summed E-state index contributed by atoms with van der Waals surface area (Å²) in [7, 11) is 0. The summed E-state index contributed by atoms with van der Waals surface area (Å²) < 4.78 is 50.3. The number of ether oxygens (including phenoxy) is 4. The standard InChI is InChI=1S/C30H33ClF2N2O10/c1-13(29(40)34-23-24(37)26(39)28-27(25(23)38)41-12-42-28)7-15-3-6-21(20(36)8-15)44-30-19(33)10-22(45-30)14(2)35-43-11-16-4-5-17(31)9-18(16)32/h3-9,19,23-28,30,35-39H,10-12H2,1-2H3,(H,34,40)/t19-,23-,24+,25-,26-,27+,28-,30-/m1/s1.